The molecule has 2 atom stereocenters. The van der Waals surface area contributed by atoms with E-state index in [1.807, 2.05) is 56.3 Å². The molecule has 2 unspecified atom stereocenters. The first-order chi connectivity index (χ1) is 17.2. The quantitative estimate of drug-likeness (QED) is 0.608. The molecule has 3 N–H and O–H groups in total. The number of anilines is 1. The van der Waals surface area contributed by atoms with Crippen molar-refractivity contribution in [2.75, 3.05) is 12.3 Å². The van der Waals surface area contributed by atoms with Crippen LogP contribution in [0.1, 0.15) is 76.4 Å². The second-order valence-electron chi connectivity index (χ2n) is 9.02. The highest BCUT2D eigenvalue weighted by Crippen LogP contribution is 2.54. The van der Waals surface area contributed by atoms with Crippen LogP contribution in [0.15, 0.2) is 47.6 Å². The number of hydrogen-bond donors (Lipinski definition) is 2. The lowest BCUT2D eigenvalue weighted by atomic mass is 9.84. The molecule has 0 saturated heterocycles. The number of amides is 1. The third kappa shape index (κ3) is 3.44. The van der Waals surface area contributed by atoms with E-state index in [2.05, 4.69) is 15.4 Å². The van der Waals surface area contributed by atoms with Gasteiger partial charge in [0.25, 0.3) is 5.91 Å². The third-order valence-corrected chi connectivity index (χ3v) is 6.79. The van der Waals surface area contributed by atoms with Crippen molar-refractivity contribution in [3.8, 4) is 0 Å². The first kappa shape index (κ1) is 18.7. The van der Waals surface area contributed by atoms with Gasteiger partial charge in [0, 0.05) is 37.0 Å². The number of nitrogens with one attached hydrogen (secondary N) is 1. The molecule has 1 aromatic heterocycles. The first-order valence-corrected chi connectivity index (χ1v) is 11.5. The number of carbonyl (C=O) groups is 1. The zero-order valence-corrected chi connectivity index (χ0v) is 19.1. The Hall–Kier alpha value is -3.71. The van der Waals surface area contributed by atoms with Crippen molar-refractivity contribution < 1.29 is 12.3 Å². The number of rotatable bonds is 5. The Morgan fingerprint density at radius 3 is 2.68 bits per heavy atom. The average molecular weight is 456 g/mol. The van der Waals surface area contributed by atoms with Gasteiger partial charge in [-0.15, -0.1) is 0 Å². The molecule has 7 nitrogen and oxygen atoms in total. The van der Waals surface area contributed by atoms with Crippen LogP contribution in [0.2, 0.25) is 0 Å². The van der Waals surface area contributed by atoms with Crippen molar-refractivity contribution in [3.63, 3.8) is 0 Å². The van der Waals surface area contributed by atoms with Gasteiger partial charge in [-0.05, 0) is 71.0 Å². The summed E-state index contributed by atoms with van der Waals surface area (Å²) in [6.45, 7) is 3.06. The topological polar surface area (TPSA) is 92.8 Å². The Morgan fingerprint density at radius 2 is 1.91 bits per heavy atom. The first-order valence-electron chi connectivity index (χ1n) is 12.5. The van der Waals surface area contributed by atoms with Gasteiger partial charge >= 0.3 is 0 Å². The fourth-order valence-electron chi connectivity index (χ4n) is 5.11. The van der Waals surface area contributed by atoms with Gasteiger partial charge in [0.1, 0.15) is 18.0 Å². The summed E-state index contributed by atoms with van der Waals surface area (Å²) in [5.74, 6) is 0.298. The zero-order chi connectivity index (χ0) is 25.2. The maximum atomic E-state index is 13.0. The maximum absolute atomic E-state index is 13.0. The number of aromatic nitrogens is 1. The summed E-state index contributed by atoms with van der Waals surface area (Å²) >= 11 is 0. The molecule has 2 bridgehead atoms. The Bertz CT molecular complexity index is 1410. The summed E-state index contributed by atoms with van der Waals surface area (Å²) in [5, 5.41) is 8.68. The number of hydrogen-bond acceptors (Lipinski definition) is 6. The number of pyridine rings is 1. The lowest BCUT2D eigenvalue weighted by molar-refractivity contribution is 0.0857. The molecule has 6 rings (SSSR count). The van der Waals surface area contributed by atoms with Crippen LogP contribution >= 0.6 is 0 Å². The Labute approximate surface area is 201 Å². The Kier molecular flexibility index (Phi) is 4.37. The fraction of sp³-hybridized carbons (Fsp3) is 0.296. The van der Waals surface area contributed by atoms with E-state index in [0.717, 1.165) is 45.5 Å². The van der Waals surface area contributed by atoms with Crippen LogP contribution in [0.3, 0.4) is 0 Å². The van der Waals surface area contributed by atoms with E-state index in [1.54, 1.807) is 6.21 Å². The second kappa shape index (κ2) is 7.95. The van der Waals surface area contributed by atoms with Crippen molar-refractivity contribution in [2.24, 2.45) is 5.10 Å². The molecule has 0 radical (unpaired) electrons. The van der Waals surface area contributed by atoms with Crippen molar-refractivity contribution in [1.29, 1.82) is 0 Å². The molecule has 3 aliphatic heterocycles. The van der Waals surface area contributed by atoms with Gasteiger partial charge in [-0.2, -0.15) is 5.10 Å². The minimum absolute atomic E-state index is 0.173. The van der Waals surface area contributed by atoms with Gasteiger partial charge < -0.3 is 15.8 Å². The number of hydrazone groups is 1. The molecule has 3 aromatic rings. The van der Waals surface area contributed by atoms with Crippen LogP contribution in [0.5, 0.6) is 0 Å². The Balaban J connectivity index is 1.25. The summed E-state index contributed by atoms with van der Waals surface area (Å²) in [7, 11) is 0. The molecule has 0 spiro atoms. The number of nitrogens with two attached hydrogens (primary N) is 1. The van der Waals surface area contributed by atoms with Crippen molar-refractivity contribution in [2.45, 2.75) is 45.5 Å². The van der Waals surface area contributed by atoms with E-state index >= 15 is 0 Å². The second-order valence-corrected chi connectivity index (χ2v) is 9.02. The lowest BCUT2D eigenvalue weighted by Gasteiger charge is -2.19. The molecule has 172 valence electrons. The van der Waals surface area contributed by atoms with Gasteiger partial charge in [0.2, 0.25) is 0 Å². The van der Waals surface area contributed by atoms with Gasteiger partial charge in [0.15, 0.2) is 0 Å². The van der Waals surface area contributed by atoms with Gasteiger partial charge in [-0.3, -0.25) is 9.80 Å². The smallest absolute Gasteiger partial charge is 0.251 e. The lowest BCUT2D eigenvalue weighted by Crippen LogP contribution is -2.24. The standard InChI is InChI=1S/C27H27N5O2/c1-15-10-24(28)31-16(2)23(15)13-29-27(33)18-5-7-20-22(12-18)26-21-11-17(14-32-9-3-8-30-32)4-6-19(21)25(20)34-26/h4-8,10-12,25-26H,3,9,13-14H2,1-2H3,(H2,28,31)(H,29,33)/i14D2. The normalized spacial score (nSPS) is 20.7. The van der Waals surface area contributed by atoms with Crippen LogP contribution in [-0.4, -0.2) is 28.7 Å². The van der Waals surface area contributed by atoms with E-state index in [1.165, 1.54) is 5.01 Å². The molecule has 0 aliphatic carbocycles. The minimum atomic E-state index is -1.71. The predicted molar refractivity (Wildman–Crippen MR) is 130 cm³/mol. The number of benzene rings is 2. The molecule has 2 aromatic carbocycles. The highest BCUT2D eigenvalue weighted by Gasteiger charge is 2.43. The number of fused-ring (bicyclic) bond motifs is 8. The monoisotopic (exact) mass is 455 g/mol. The number of nitrogen functional groups attached to an aromatic ring is 1. The third-order valence-electron chi connectivity index (χ3n) is 6.79. The summed E-state index contributed by atoms with van der Waals surface area (Å²) in [4.78, 5) is 17.3. The summed E-state index contributed by atoms with van der Waals surface area (Å²) in [5.41, 5.74) is 13.7. The van der Waals surface area contributed by atoms with Gasteiger partial charge in [0.05, 0.1) is 9.24 Å². The molecule has 0 saturated carbocycles. The minimum Gasteiger partial charge on any atom is -0.384 e. The van der Waals surface area contributed by atoms with Gasteiger partial charge in [-0.1, -0.05) is 24.3 Å². The van der Waals surface area contributed by atoms with Crippen LogP contribution in [0.4, 0.5) is 5.82 Å². The van der Waals surface area contributed by atoms with Crippen molar-refractivity contribution >= 4 is 17.9 Å². The molecule has 4 heterocycles. The molecule has 3 aliphatic rings. The van der Waals surface area contributed by atoms with E-state index in [4.69, 9.17) is 13.2 Å². The van der Waals surface area contributed by atoms with E-state index in [-0.39, 0.29) is 18.1 Å². The molecule has 34 heavy (non-hydrogen) atoms. The van der Waals surface area contributed by atoms with Crippen LogP contribution in [0, 0.1) is 13.8 Å². The summed E-state index contributed by atoms with van der Waals surface area (Å²) in [6, 6.07) is 13.2. The molecule has 7 heteroatoms. The van der Waals surface area contributed by atoms with Crippen molar-refractivity contribution in [1.82, 2.24) is 15.3 Å². The summed E-state index contributed by atoms with van der Waals surface area (Å²) < 4.78 is 23.6. The average Bonchev–Trinajstić information content (AvgIpc) is 3.59. The zero-order valence-electron chi connectivity index (χ0n) is 21.1. The number of ether oxygens (including phenoxy) is 1. The summed E-state index contributed by atoms with van der Waals surface area (Å²) in [6.07, 6.45) is 1.96. The largest absolute Gasteiger partial charge is 0.384 e. The van der Waals surface area contributed by atoms with Crippen molar-refractivity contribution in [3.05, 3.63) is 92.7 Å². The highest BCUT2D eigenvalue weighted by atomic mass is 16.5. The SMILES string of the molecule is [2H]C([2H])(c1ccc2c(c1)C1OC2c2ccc(C(=O)NCc3c(C)cc(N)nc3C)cc21)N1CCC=N1. The molecular formula is C27H27N5O2. The number of carbonyl (C=O) groups excluding carboxylic acids is 1. The fourth-order valence-corrected chi connectivity index (χ4v) is 5.11. The van der Waals surface area contributed by atoms with E-state index < -0.39 is 6.50 Å². The van der Waals surface area contributed by atoms with Crippen LogP contribution in [0.25, 0.3) is 0 Å². The molecule has 0 fully saturated rings. The highest BCUT2D eigenvalue weighted by molar-refractivity contribution is 5.94. The molecular weight excluding hydrogens is 426 g/mol. The van der Waals surface area contributed by atoms with Crippen LogP contribution in [-0.2, 0) is 17.8 Å². The molecule has 1 amide bonds. The number of aryl methyl sites for hydroxylation is 2. The Morgan fingerprint density at radius 1 is 1.15 bits per heavy atom. The predicted octanol–water partition coefficient (Wildman–Crippen LogP) is 3.92. The van der Waals surface area contributed by atoms with E-state index in [9.17, 15) is 4.79 Å². The number of nitrogens with zero attached hydrogens (tertiary/aromatic N) is 3. The van der Waals surface area contributed by atoms with E-state index in [0.29, 0.717) is 30.0 Å². The maximum Gasteiger partial charge on any atom is 0.251 e. The van der Waals surface area contributed by atoms with Crippen LogP contribution < -0.4 is 11.1 Å². The van der Waals surface area contributed by atoms with Gasteiger partial charge in [-0.25, -0.2) is 4.98 Å².